The van der Waals surface area contributed by atoms with Gasteiger partial charge in [0.15, 0.2) is 11.4 Å². The molecule has 5 rings (SSSR count). The van der Waals surface area contributed by atoms with Gasteiger partial charge in [-0.2, -0.15) is 0 Å². The van der Waals surface area contributed by atoms with Crippen LogP contribution in [0, 0.1) is 0 Å². The van der Waals surface area contributed by atoms with Gasteiger partial charge in [-0.1, -0.05) is 0 Å². The molecular weight excluding hydrogens is 532 g/mol. The minimum atomic E-state index is -0.856. The van der Waals surface area contributed by atoms with Gasteiger partial charge in [0.2, 0.25) is 0 Å². The number of hydrogen-bond donors (Lipinski definition) is 0. The molecule has 2 radical (unpaired) electrons. The summed E-state index contributed by atoms with van der Waals surface area (Å²) >= 11 is 0. The average molecular weight is 557 g/mol. The van der Waals surface area contributed by atoms with Crippen LogP contribution >= 0.6 is 0 Å². The second-order valence-corrected chi connectivity index (χ2v) is 7.69. The van der Waals surface area contributed by atoms with Crippen molar-refractivity contribution in [3.8, 4) is 0 Å². The Kier molecular flexibility index (Phi) is 5.61. The molecule has 25 heavy (non-hydrogen) atoms. The van der Waals surface area contributed by atoms with Crippen molar-refractivity contribution in [1.29, 1.82) is 0 Å². The number of hydrogen-bond acceptors (Lipinski definition) is 4. The summed E-state index contributed by atoms with van der Waals surface area (Å²) in [6.07, 6.45) is 8.97. The second-order valence-electron chi connectivity index (χ2n) is 7.69. The normalized spacial score (nSPS) is 48.2. The van der Waals surface area contributed by atoms with E-state index in [1.165, 1.54) is 0 Å². The van der Waals surface area contributed by atoms with E-state index < -0.39 is 22.4 Å². The maximum atomic E-state index is 13.3. The fraction of sp³-hybridized carbons (Fsp3) is 0.889. The molecular formula is C18H25ClHgO5. The number of rotatable bonds is 0. The van der Waals surface area contributed by atoms with Crippen molar-refractivity contribution in [3.05, 3.63) is 11.8 Å². The van der Waals surface area contributed by atoms with Gasteiger partial charge >= 0.3 is 27.7 Å². The zero-order valence-electron chi connectivity index (χ0n) is 14.7. The Labute approximate surface area is 175 Å². The molecule has 4 fully saturated rings. The van der Waals surface area contributed by atoms with Gasteiger partial charge in [-0.15, -0.1) is 0 Å². The van der Waals surface area contributed by atoms with E-state index in [1.54, 1.807) is 0 Å². The van der Waals surface area contributed by atoms with Crippen LogP contribution in [0.2, 0.25) is 0 Å². The maximum Gasteiger partial charge on any atom is 1.00 e. The minimum Gasteiger partial charge on any atom is -1.00 e. The molecule has 136 valence electrons. The van der Waals surface area contributed by atoms with Gasteiger partial charge in [0.25, 0.3) is 0 Å². The maximum absolute atomic E-state index is 13.3. The first-order valence-corrected chi connectivity index (χ1v) is 9.17. The van der Waals surface area contributed by atoms with Crippen molar-refractivity contribution in [2.45, 2.75) is 73.8 Å². The Bertz CT molecular complexity index is 528. The zero-order valence-corrected chi connectivity index (χ0v) is 20.9. The summed E-state index contributed by atoms with van der Waals surface area (Å²) in [5, 5.41) is 13.3. The summed E-state index contributed by atoms with van der Waals surface area (Å²) in [4.78, 5) is 0. The minimum absolute atomic E-state index is 0. The number of fused-ring (bicyclic) bond motifs is 3. The van der Waals surface area contributed by atoms with E-state index in [0.29, 0.717) is 26.4 Å². The predicted molar refractivity (Wildman–Crippen MR) is 80.4 cm³/mol. The number of ether oxygens (including phenoxy) is 4. The molecule has 0 aromatic carbocycles. The molecule has 4 aliphatic heterocycles. The fourth-order valence-corrected chi connectivity index (χ4v) is 6.13. The van der Waals surface area contributed by atoms with Crippen molar-refractivity contribution >= 4 is 0 Å². The molecule has 0 aromatic heterocycles. The Balaban J connectivity index is 0.000000911. The summed E-state index contributed by atoms with van der Waals surface area (Å²) in [5.74, 6) is 0.0694. The molecule has 7 heteroatoms. The van der Waals surface area contributed by atoms with Crippen LogP contribution in [-0.4, -0.2) is 48.8 Å². The van der Waals surface area contributed by atoms with Crippen molar-refractivity contribution in [2.24, 2.45) is 0 Å². The van der Waals surface area contributed by atoms with E-state index in [-0.39, 0.29) is 45.8 Å². The summed E-state index contributed by atoms with van der Waals surface area (Å²) in [7, 11) is 0. The molecule has 0 bridgehead atoms. The van der Waals surface area contributed by atoms with E-state index in [2.05, 4.69) is 0 Å². The van der Waals surface area contributed by atoms with Crippen LogP contribution in [0.15, 0.2) is 11.8 Å². The van der Waals surface area contributed by atoms with Crippen molar-refractivity contribution < 1.29 is 64.1 Å². The molecule has 5 aliphatic rings. The predicted octanol–water partition coefficient (Wildman–Crippen LogP) is -0.487. The molecule has 0 N–H and O–H groups in total. The third kappa shape index (κ3) is 2.26. The van der Waals surface area contributed by atoms with Crippen LogP contribution in [0.4, 0.5) is 0 Å². The average Bonchev–Trinajstić information content (AvgIpc) is 3.30. The van der Waals surface area contributed by atoms with Gasteiger partial charge in [-0.3, -0.25) is 5.11 Å². The van der Waals surface area contributed by atoms with Crippen molar-refractivity contribution in [2.75, 3.05) is 26.4 Å². The molecule has 5 nitrogen and oxygen atoms in total. The zero-order chi connectivity index (χ0) is 15.6. The Morgan fingerprint density at radius 3 is 1.80 bits per heavy atom. The van der Waals surface area contributed by atoms with Crippen molar-refractivity contribution in [3.63, 3.8) is 0 Å². The Hall–Kier alpha value is 0.605. The van der Waals surface area contributed by atoms with E-state index in [9.17, 15) is 5.11 Å². The molecule has 0 unspecified atom stereocenters. The molecule has 0 aromatic rings. The van der Waals surface area contributed by atoms with Gasteiger partial charge in [-0.25, -0.2) is 0 Å². The van der Waals surface area contributed by atoms with Crippen LogP contribution in [0.5, 0.6) is 0 Å². The van der Waals surface area contributed by atoms with Gasteiger partial charge in [0.1, 0.15) is 16.8 Å². The molecule has 4 atom stereocenters. The smallest absolute Gasteiger partial charge is 1.00 e. The van der Waals surface area contributed by atoms with E-state index >= 15 is 0 Å². The third-order valence-corrected chi connectivity index (χ3v) is 6.87. The molecule has 4 saturated heterocycles. The second kappa shape index (κ2) is 6.89. The summed E-state index contributed by atoms with van der Waals surface area (Å²) in [5.41, 5.74) is -2.72. The van der Waals surface area contributed by atoms with Gasteiger partial charge in [0.05, 0.1) is 0 Å². The largest absolute Gasteiger partial charge is 1.00 e. The van der Waals surface area contributed by atoms with Gasteiger partial charge < -0.3 is 31.4 Å². The van der Waals surface area contributed by atoms with Crippen LogP contribution in [0.25, 0.3) is 0 Å². The third-order valence-electron chi connectivity index (χ3n) is 6.87. The number of halogens is 1. The SMILES string of the molecule is [Cl-].[Hg+].[O]C1=C[C@@]2(CCCO2)[C@]2(CCCO2)[C@@]2(CCCO2)[C@]12CCCO2. The first kappa shape index (κ1) is 20.3. The van der Waals surface area contributed by atoms with E-state index in [4.69, 9.17) is 18.9 Å². The molecule has 0 saturated carbocycles. The summed E-state index contributed by atoms with van der Waals surface area (Å²) < 4.78 is 25.3. The van der Waals surface area contributed by atoms with E-state index in [0.717, 1.165) is 51.4 Å². The fourth-order valence-electron chi connectivity index (χ4n) is 6.13. The molecule has 4 heterocycles. The van der Waals surface area contributed by atoms with Crippen LogP contribution in [-0.2, 0) is 51.7 Å². The van der Waals surface area contributed by atoms with Gasteiger partial charge in [0, 0.05) is 26.4 Å². The first-order valence-electron chi connectivity index (χ1n) is 9.17. The van der Waals surface area contributed by atoms with Crippen molar-refractivity contribution in [1.82, 2.24) is 0 Å². The monoisotopic (exact) mass is 558 g/mol. The first-order chi connectivity index (χ1) is 11.2. The molecule has 0 amide bonds. The standard InChI is InChI=1S/C18H25O5.ClH.Hg/c19-14-13-15(5-1-9-20-15)17(7-3-11-22-17)18(8-4-12-23-18)16(14)6-2-10-21-16;;/h13H,1-12H2;1H;/q;;+1/p-1/t15-,16-,17+,18+;;/m0../s1. The quantitative estimate of drug-likeness (QED) is 0.378. The van der Waals surface area contributed by atoms with Crippen LogP contribution in [0.1, 0.15) is 51.4 Å². The molecule has 4 spiro atoms. The topological polar surface area (TPSA) is 56.8 Å². The summed E-state index contributed by atoms with van der Waals surface area (Å²) in [6.45, 7) is 2.72. The summed E-state index contributed by atoms with van der Waals surface area (Å²) in [6, 6.07) is 0. The Morgan fingerprint density at radius 1 is 0.720 bits per heavy atom. The van der Waals surface area contributed by atoms with Crippen LogP contribution in [0.3, 0.4) is 0 Å². The molecule has 1 aliphatic carbocycles. The Morgan fingerprint density at radius 2 is 1.28 bits per heavy atom. The van der Waals surface area contributed by atoms with E-state index in [1.807, 2.05) is 6.08 Å². The van der Waals surface area contributed by atoms with Gasteiger partial charge in [-0.05, 0) is 57.4 Å². The van der Waals surface area contributed by atoms with Crippen LogP contribution < -0.4 is 12.4 Å².